The molecule has 0 aromatic carbocycles. The Balaban J connectivity index is 1.87. The van der Waals surface area contributed by atoms with E-state index in [1.165, 1.54) is 18.9 Å². The molecule has 0 bridgehead atoms. The van der Waals surface area contributed by atoms with Crippen LogP contribution >= 0.6 is 0 Å². The summed E-state index contributed by atoms with van der Waals surface area (Å²) in [6, 6.07) is 3.78. The zero-order chi connectivity index (χ0) is 13.9. The molecule has 0 radical (unpaired) electrons. The Bertz CT molecular complexity index is 506. The van der Waals surface area contributed by atoms with Crippen LogP contribution in [0.25, 0.3) is 0 Å². The lowest BCUT2D eigenvalue weighted by Crippen LogP contribution is -2.31. The maximum atomic E-state index is 11.9. The highest BCUT2D eigenvalue weighted by atomic mass is 32.2. The zero-order valence-electron chi connectivity index (χ0n) is 11.3. The smallest absolute Gasteiger partial charge is 0.274 e. The summed E-state index contributed by atoms with van der Waals surface area (Å²) in [6.07, 6.45) is 2.38. The van der Waals surface area contributed by atoms with E-state index in [1.54, 1.807) is 6.07 Å². The molecule has 0 atom stereocenters. The van der Waals surface area contributed by atoms with Crippen LogP contribution in [0.2, 0.25) is 0 Å². The Hall–Kier alpha value is -0.890. The van der Waals surface area contributed by atoms with Crippen molar-refractivity contribution in [3.8, 4) is 0 Å². The van der Waals surface area contributed by atoms with Crippen LogP contribution in [-0.4, -0.2) is 46.5 Å². The minimum atomic E-state index is -3.53. The van der Waals surface area contributed by atoms with Crippen molar-refractivity contribution in [1.29, 1.82) is 0 Å². The molecule has 0 aliphatic heterocycles. The summed E-state index contributed by atoms with van der Waals surface area (Å²) < 4.78 is 31.7. The van der Waals surface area contributed by atoms with Crippen LogP contribution in [0.3, 0.4) is 0 Å². The molecule has 0 unspecified atom stereocenters. The third-order valence-electron chi connectivity index (χ3n) is 2.90. The van der Waals surface area contributed by atoms with E-state index in [0.29, 0.717) is 31.4 Å². The number of hydrogen-bond acceptors (Lipinski definition) is 5. The minimum Gasteiger partial charge on any atom is -0.447 e. The van der Waals surface area contributed by atoms with Crippen molar-refractivity contribution in [2.75, 3.05) is 27.2 Å². The Morgan fingerprint density at radius 1 is 1.37 bits per heavy atom. The van der Waals surface area contributed by atoms with E-state index in [2.05, 4.69) is 10.0 Å². The van der Waals surface area contributed by atoms with Gasteiger partial charge in [0.05, 0.1) is 6.54 Å². The predicted molar refractivity (Wildman–Crippen MR) is 72.3 cm³/mol. The molecule has 1 aromatic heterocycles. The van der Waals surface area contributed by atoms with Crippen molar-refractivity contribution < 1.29 is 12.8 Å². The lowest BCUT2D eigenvalue weighted by Gasteiger charge is -2.09. The summed E-state index contributed by atoms with van der Waals surface area (Å²) in [4.78, 5) is 1.91. The Labute approximate surface area is 114 Å². The number of sulfonamides is 1. The van der Waals surface area contributed by atoms with Crippen molar-refractivity contribution in [2.45, 2.75) is 30.5 Å². The molecule has 1 aliphatic carbocycles. The number of furan rings is 1. The van der Waals surface area contributed by atoms with Crippen molar-refractivity contribution in [3.05, 3.63) is 17.9 Å². The third kappa shape index (κ3) is 4.61. The molecule has 6 nitrogen and oxygen atoms in total. The Morgan fingerprint density at radius 2 is 2.11 bits per heavy atom. The van der Waals surface area contributed by atoms with Gasteiger partial charge in [0.25, 0.3) is 10.0 Å². The average molecular weight is 287 g/mol. The fraction of sp³-hybridized carbons (Fsp3) is 0.667. The molecule has 2 N–H and O–H groups in total. The van der Waals surface area contributed by atoms with Gasteiger partial charge in [-0.2, -0.15) is 0 Å². The van der Waals surface area contributed by atoms with Crippen LogP contribution in [0.5, 0.6) is 0 Å². The second-order valence-electron chi connectivity index (χ2n) is 5.08. The summed E-state index contributed by atoms with van der Waals surface area (Å²) in [6.45, 7) is 1.60. The van der Waals surface area contributed by atoms with E-state index in [4.69, 9.17) is 4.42 Å². The molecule has 0 saturated heterocycles. The third-order valence-corrected chi connectivity index (χ3v) is 4.23. The first kappa shape index (κ1) is 14.5. The standard InChI is InChI=1S/C12H21N3O3S/c1-15(2)8-7-14-19(16,17)12-6-5-11(18-12)9-13-10-3-4-10/h5-6,10,13-14H,3-4,7-9H2,1-2H3. The van der Waals surface area contributed by atoms with Crippen LogP contribution in [0.15, 0.2) is 21.6 Å². The van der Waals surface area contributed by atoms with Crippen LogP contribution in [0, 0.1) is 0 Å². The summed E-state index contributed by atoms with van der Waals surface area (Å²) >= 11 is 0. The van der Waals surface area contributed by atoms with E-state index in [-0.39, 0.29) is 5.09 Å². The summed E-state index contributed by atoms with van der Waals surface area (Å²) in [5.41, 5.74) is 0. The molecule has 7 heteroatoms. The summed E-state index contributed by atoms with van der Waals surface area (Å²) in [5, 5.41) is 3.27. The van der Waals surface area contributed by atoms with E-state index >= 15 is 0 Å². The number of nitrogens with one attached hydrogen (secondary N) is 2. The number of nitrogens with zero attached hydrogens (tertiary/aromatic N) is 1. The topological polar surface area (TPSA) is 74.6 Å². The highest BCUT2D eigenvalue weighted by Gasteiger charge is 2.22. The monoisotopic (exact) mass is 287 g/mol. The first-order valence-electron chi connectivity index (χ1n) is 6.44. The first-order valence-corrected chi connectivity index (χ1v) is 7.92. The van der Waals surface area contributed by atoms with Crippen LogP contribution in [0.1, 0.15) is 18.6 Å². The number of likely N-dealkylation sites (N-methyl/N-ethyl adjacent to an activating group) is 1. The lowest BCUT2D eigenvalue weighted by molar-refractivity contribution is 0.392. The highest BCUT2D eigenvalue weighted by Crippen LogP contribution is 2.20. The van der Waals surface area contributed by atoms with Gasteiger partial charge in [-0.3, -0.25) is 0 Å². The minimum absolute atomic E-state index is 0.0150. The molecule has 0 spiro atoms. The van der Waals surface area contributed by atoms with Gasteiger partial charge in [0, 0.05) is 19.1 Å². The zero-order valence-corrected chi connectivity index (χ0v) is 12.2. The SMILES string of the molecule is CN(C)CCNS(=O)(=O)c1ccc(CNC2CC2)o1. The van der Waals surface area contributed by atoms with Crippen molar-refractivity contribution in [3.63, 3.8) is 0 Å². The molecular weight excluding hydrogens is 266 g/mol. The number of rotatable bonds is 8. The molecule has 1 fully saturated rings. The summed E-state index contributed by atoms with van der Waals surface area (Å²) in [7, 11) is 0.254. The van der Waals surface area contributed by atoms with Crippen LogP contribution < -0.4 is 10.0 Å². The second kappa shape index (κ2) is 6.04. The molecule has 1 aromatic rings. The quantitative estimate of drug-likeness (QED) is 0.722. The Morgan fingerprint density at radius 3 is 2.74 bits per heavy atom. The Kier molecular flexibility index (Phi) is 4.62. The van der Waals surface area contributed by atoms with Gasteiger partial charge < -0.3 is 14.6 Å². The first-order chi connectivity index (χ1) is 8.97. The molecule has 1 aliphatic rings. The van der Waals surface area contributed by atoms with Gasteiger partial charge in [-0.15, -0.1) is 0 Å². The fourth-order valence-corrected chi connectivity index (χ4v) is 2.57. The lowest BCUT2D eigenvalue weighted by atomic mass is 10.4. The molecule has 1 saturated carbocycles. The van der Waals surface area contributed by atoms with Crippen LogP contribution in [-0.2, 0) is 16.6 Å². The summed E-state index contributed by atoms with van der Waals surface area (Å²) in [5.74, 6) is 0.653. The van der Waals surface area contributed by atoms with Gasteiger partial charge in [0.15, 0.2) is 0 Å². The van der Waals surface area contributed by atoms with E-state index < -0.39 is 10.0 Å². The second-order valence-corrected chi connectivity index (χ2v) is 6.77. The van der Waals surface area contributed by atoms with Gasteiger partial charge >= 0.3 is 0 Å². The van der Waals surface area contributed by atoms with Gasteiger partial charge in [-0.05, 0) is 39.1 Å². The predicted octanol–water partition coefficient (Wildman–Crippen LogP) is 0.372. The van der Waals surface area contributed by atoms with Crippen molar-refractivity contribution >= 4 is 10.0 Å². The maximum absolute atomic E-state index is 11.9. The van der Waals surface area contributed by atoms with Gasteiger partial charge in [0.2, 0.25) is 5.09 Å². The molecular formula is C12H21N3O3S. The molecule has 1 heterocycles. The highest BCUT2D eigenvalue weighted by molar-refractivity contribution is 7.89. The fourth-order valence-electron chi connectivity index (χ4n) is 1.60. The molecule has 108 valence electrons. The molecule has 19 heavy (non-hydrogen) atoms. The number of hydrogen-bond donors (Lipinski definition) is 2. The molecule has 2 rings (SSSR count). The molecule has 0 amide bonds. The van der Waals surface area contributed by atoms with Crippen molar-refractivity contribution in [1.82, 2.24) is 14.9 Å². The average Bonchev–Trinajstić information content (AvgIpc) is 3.02. The van der Waals surface area contributed by atoms with Gasteiger partial charge in [0.1, 0.15) is 5.76 Å². The van der Waals surface area contributed by atoms with E-state index in [9.17, 15) is 8.42 Å². The van der Waals surface area contributed by atoms with Gasteiger partial charge in [-0.1, -0.05) is 0 Å². The normalized spacial score (nSPS) is 16.2. The van der Waals surface area contributed by atoms with Gasteiger partial charge in [-0.25, -0.2) is 13.1 Å². The van der Waals surface area contributed by atoms with Crippen LogP contribution in [0.4, 0.5) is 0 Å². The largest absolute Gasteiger partial charge is 0.447 e. The van der Waals surface area contributed by atoms with E-state index in [0.717, 1.165) is 0 Å². The van der Waals surface area contributed by atoms with Crippen molar-refractivity contribution in [2.24, 2.45) is 0 Å². The maximum Gasteiger partial charge on any atom is 0.274 e. The van der Waals surface area contributed by atoms with E-state index in [1.807, 2.05) is 19.0 Å².